The first-order valence-corrected chi connectivity index (χ1v) is 15.2. The fourth-order valence-corrected chi connectivity index (χ4v) is 9.93. The molecule has 0 spiro atoms. The lowest BCUT2D eigenvalue weighted by molar-refractivity contribution is 0.109. The largest absolute Gasteiger partial charge is 0.480 e. The third-order valence-corrected chi connectivity index (χ3v) is 11.8. The molecule has 6 rings (SSSR count). The normalized spacial score (nSPS) is 14.0. The van der Waals surface area contributed by atoms with Crippen LogP contribution in [-0.4, -0.2) is 11.7 Å². The fraction of sp³-hybridized carbons (Fsp3) is 0.111. The van der Waals surface area contributed by atoms with Gasteiger partial charge in [0.25, 0.3) is 0 Å². The maximum absolute atomic E-state index is 9.02. The van der Waals surface area contributed by atoms with Gasteiger partial charge in [-0.05, 0) is 50.2 Å². The molecule has 39 heavy (non-hydrogen) atoms. The molecular weight excluding hydrogens is 585 g/mol. The van der Waals surface area contributed by atoms with Gasteiger partial charge in [0.05, 0.1) is 19.2 Å². The third-order valence-electron chi connectivity index (χ3n) is 5.78. The number of hydrogen-bond acceptors (Lipinski definition) is 10. The van der Waals surface area contributed by atoms with Crippen molar-refractivity contribution in [3.63, 3.8) is 0 Å². The standard InChI is InChI=1S/C27H12N6OS5/c1-27(2)13-9-16(14-5-7-21(35-14)32-19(11-28)30-3)37-24(13)26-23(34-27)25-18(39-26)10-17(38-25)15-6-8-22(36-15)33-20(12-29)31-4/h5-10H,1-2H3. The van der Waals surface area contributed by atoms with E-state index in [0.717, 1.165) is 45.1 Å². The van der Waals surface area contributed by atoms with E-state index in [4.69, 9.17) is 28.4 Å². The Balaban J connectivity index is 1.38. The molecule has 0 atom stereocenters. The van der Waals surface area contributed by atoms with Crippen LogP contribution in [0, 0.1) is 35.8 Å². The van der Waals surface area contributed by atoms with Crippen molar-refractivity contribution in [3.05, 3.63) is 64.8 Å². The summed E-state index contributed by atoms with van der Waals surface area (Å²) in [6.07, 6.45) is 0. The van der Waals surface area contributed by atoms with E-state index in [1.54, 1.807) is 40.1 Å². The number of thiophene rings is 5. The molecule has 0 bridgehead atoms. The van der Waals surface area contributed by atoms with Crippen LogP contribution in [0.15, 0.2) is 46.4 Å². The molecule has 6 heterocycles. The van der Waals surface area contributed by atoms with Gasteiger partial charge in [0.1, 0.15) is 17.7 Å². The molecule has 0 saturated heterocycles. The van der Waals surface area contributed by atoms with Gasteiger partial charge in [-0.2, -0.15) is 0 Å². The first-order valence-electron chi connectivity index (χ1n) is 11.2. The van der Waals surface area contributed by atoms with Gasteiger partial charge in [0.15, 0.2) is 5.75 Å². The van der Waals surface area contributed by atoms with E-state index >= 15 is 0 Å². The summed E-state index contributed by atoms with van der Waals surface area (Å²) in [5, 5.41) is 19.3. The van der Waals surface area contributed by atoms with Crippen molar-refractivity contribution in [2.24, 2.45) is 9.98 Å². The summed E-state index contributed by atoms with van der Waals surface area (Å²) in [6.45, 7) is 18.3. The second-order valence-electron chi connectivity index (χ2n) is 8.62. The molecule has 7 nitrogen and oxygen atoms in total. The minimum absolute atomic E-state index is 0.173. The van der Waals surface area contributed by atoms with Crippen LogP contribution in [0.5, 0.6) is 5.75 Å². The Bertz CT molecular complexity index is 2000. The molecule has 0 radical (unpaired) electrons. The molecular formula is C27H12N6OS5. The number of hydrogen-bond donors (Lipinski definition) is 0. The fourth-order valence-electron chi connectivity index (χ4n) is 4.07. The maximum atomic E-state index is 9.02. The number of ether oxygens (including phenoxy) is 1. The predicted molar refractivity (Wildman–Crippen MR) is 162 cm³/mol. The predicted octanol–water partition coefficient (Wildman–Crippen LogP) is 9.72. The lowest BCUT2D eigenvalue weighted by Crippen LogP contribution is -2.27. The maximum Gasteiger partial charge on any atom is 0.350 e. The van der Waals surface area contributed by atoms with Gasteiger partial charge in [0.2, 0.25) is 10.0 Å². The Morgan fingerprint density at radius 2 is 1.38 bits per heavy atom. The second kappa shape index (κ2) is 9.55. The summed E-state index contributed by atoms with van der Waals surface area (Å²) in [4.78, 5) is 21.1. The molecule has 5 aromatic rings. The Kier molecular flexibility index (Phi) is 6.16. The zero-order valence-corrected chi connectivity index (χ0v) is 24.2. The van der Waals surface area contributed by atoms with E-state index in [1.807, 2.05) is 30.3 Å². The van der Waals surface area contributed by atoms with E-state index in [9.17, 15) is 0 Å². The van der Waals surface area contributed by atoms with Gasteiger partial charge >= 0.3 is 11.7 Å². The minimum Gasteiger partial charge on any atom is -0.480 e. The second-order valence-corrected chi connectivity index (χ2v) is 13.9. The summed E-state index contributed by atoms with van der Waals surface area (Å²) in [7, 11) is 0. The molecule has 0 unspecified atom stereocenters. The van der Waals surface area contributed by atoms with Crippen molar-refractivity contribution in [3.8, 4) is 47.2 Å². The highest BCUT2D eigenvalue weighted by atomic mass is 32.1. The Labute approximate surface area is 243 Å². The topological polar surface area (TPSA) is 90.2 Å². The Hall–Kier alpha value is -4.14. The van der Waals surface area contributed by atoms with Gasteiger partial charge in [-0.1, -0.05) is 45.8 Å². The lowest BCUT2D eigenvalue weighted by Gasteiger charge is -2.31. The van der Waals surface area contributed by atoms with Gasteiger partial charge < -0.3 is 14.4 Å². The van der Waals surface area contributed by atoms with Crippen molar-refractivity contribution in [2.45, 2.75) is 19.4 Å². The molecule has 1 aliphatic heterocycles. The highest BCUT2D eigenvalue weighted by molar-refractivity contribution is 7.35. The smallest absolute Gasteiger partial charge is 0.350 e. The van der Waals surface area contributed by atoms with E-state index in [-0.39, 0.29) is 11.7 Å². The minimum atomic E-state index is -0.524. The molecule has 12 heteroatoms. The number of aliphatic imine (C=N–C) groups is 2. The van der Waals surface area contributed by atoms with Crippen LogP contribution in [0.2, 0.25) is 0 Å². The molecule has 0 saturated carbocycles. The summed E-state index contributed by atoms with van der Waals surface area (Å²) >= 11 is 8.01. The summed E-state index contributed by atoms with van der Waals surface area (Å²) in [5.74, 6) is 0.556. The molecule has 0 N–H and O–H groups in total. The van der Waals surface area contributed by atoms with Crippen molar-refractivity contribution >= 4 is 87.8 Å². The summed E-state index contributed by atoms with van der Waals surface area (Å²) in [5.41, 5.74) is 0.611. The average Bonchev–Trinajstić information content (AvgIpc) is 3.73. The number of rotatable bonds is 4. The van der Waals surface area contributed by atoms with Crippen molar-refractivity contribution in [2.75, 3.05) is 0 Å². The zero-order chi connectivity index (χ0) is 27.3. The van der Waals surface area contributed by atoms with E-state index in [2.05, 4.69) is 45.7 Å². The van der Waals surface area contributed by atoms with Crippen LogP contribution in [0.25, 0.3) is 48.4 Å². The molecule has 1 aliphatic rings. The summed E-state index contributed by atoms with van der Waals surface area (Å²) < 4.78 is 8.87. The number of nitriles is 2. The highest BCUT2D eigenvalue weighted by Crippen LogP contribution is 2.59. The van der Waals surface area contributed by atoms with Crippen LogP contribution in [0.1, 0.15) is 19.4 Å². The zero-order valence-electron chi connectivity index (χ0n) is 20.1. The van der Waals surface area contributed by atoms with Gasteiger partial charge in [-0.25, -0.2) is 10.5 Å². The van der Waals surface area contributed by atoms with Crippen molar-refractivity contribution in [1.29, 1.82) is 10.5 Å². The van der Waals surface area contributed by atoms with Crippen molar-refractivity contribution < 1.29 is 4.74 Å². The van der Waals surface area contributed by atoms with Crippen LogP contribution < -0.4 is 4.74 Å². The Morgan fingerprint density at radius 3 is 1.95 bits per heavy atom. The molecule has 0 aliphatic carbocycles. The van der Waals surface area contributed by atoms with E-state index < -0.39 is 5.60 Å². The first kappa shape index (κ1) is 25.2. The first-order chi connectivity index (χ1) is 18.8. The SMILES string of the molecule is [C-]#[N+]C(C#N)=Nc1ccc(-c2cc3c(s2)-c2sc4cc(-c5ccc(N=C(C#N)[N+]#[C-])s5)sc4c2OC3(C)C)s1. The van der Waals surface area contributed by atoms with Gasteiger partial charge in [-0.3, -0.25) is 0 Å². The quantitative estimate of drug-likeness (QED) is 0.117. The van der Waals surface area contributed by atoms with Crippen LogP contribution in [-0.2, 0) is 5.60 Å². The van der Waals surface area contributed by atoms with Crippen molar-refractivity contribution in [1.82, 2.24) is 0 Å². The van der Waals surface area contributed by atoms with Gasteiger partial charge in [-0.15, -0.1) is 34.0 Å². The van der Waals surface area contributed by atoms with Crippen LogP contribution >= 0.6 is 56.7 Å². The average molecular weight is 597 g/mol. The van der Waals surface area contributed by atoms with Crippen LogP contribution in [0.4, 0.5) is 10.0 Å². The number of amidine groups is 2. The highest BCUT2D eigenvalue weighted by Gasteiger charge is 2.38. The monoisotopic (exact) mass is 596 g/mol. The molecule has 0 fully saturated rings. The molecule has 186 valence electrons. The lowest BCUT2D eigenvalue weighted by atomic mass is 9.95. The molecule has 0 amide bonds. The van der Waals surface area contributed by atoms with E-state index in [0.29, 0.717) is 10.0 Å². The Morgan fingerprint density at radius 1 is 0.795 bits per heavy atom. The summed E-state index contributed by atoms with van der Waals surface area (Å²) in [6, 6.07) is 15.6. The number of fused-ring (bicyclic) bond motifs is 5. The molecule has 5 aromatic heterocycles. The van der Waals surface area contributed by atoms with E-state index in [1.165, 1.54) is 27.6 Å². The molecule has 0 aromatic carbocycles. The number of nitrogens with zero attached hydrogens (tertiary/aromatic N) is 6. The van der Waals surface area contributed by atoms with Gasteiger partial charge in [0, 0.05) is 25.1 Å². The third kappa shape index (κ3) is 4.35. The van der Waals surface area contributed by atoms with Crippen LogP contribution in [0.3, 0.4) is 0 Å².